The minimum atomic E-state index is -0.194. The number of fused-ring (bicyclic) bond motifs is 4. The fraction of sp³-hybridized carbons (Fsp3) is 0.200. The largest absolute Gasteiger partial charge is 0.493 e. The Morgan fingerprint density at radius 1 is 0.727 bits per heavy atom. The Morgan fingerprint density at radius 3 is 2.33 bits per heavy atom. The summed E-state index contributed by atoms with van der Waals surface area (Å²) in [6, 6.07) is 33.7. The van der Waals surface area contributed by atoms with Crippen molar-refractivity contribution in [2.45, 2.75) is 24.4 Å². The second-order valence-corrected chi connectivity index (χ2v) is 9.38. The first-order valence-electron chi connectivity index (χ1n) is 11.7. The SMILES string of the molecule is Fc1ccc(C2c3cccc4c3N(C3c5ccccc5OCC23)[C@H](c2ccccc2)C4)cc1. The zero-order valence-electron chi connectivity index (χ0n) is 18.2. The maximum Gasteiger partial charge on any atom is 0.124 e. The van der Waals surface area contributed by atoms with Gasteiger partial charge in [-0.3, -0.25) is 0 Å². The molecule has 0 saturated carbocycles. The van der Waals surface area contributed by atoms with Gasteiger partial charge in [-0.05, 0) is 46.9 Å². The fourth-order valence-electron chi connectivity index (χ4n) is 6.42. The van der Waals surface area contributed by atoms with Gasteiger partial charge in [-0.15, -0.1) is 0 Å². The second kappa shape index (κ2) is 7.21. The first kappa shape index (κ1) is 18.9. The minimum Gasteiger partial charge on any atom is -0.493 e. The molecule has 0 aromatic heterocycles. The number of benzene rings is 4. The average molecular weight is 434 g/mol. The summed E-state index contributed by atoms with van der Waals surface area (Å²) in [5.74, 6) is 1.18. The molecule has 0 fully saturated rings. The molecule has 0 amide bonds. The molecule has 0 radical (unpaired) electrons. The number of anilines is 1. The highest BCUT2D eigenvalue weighted by atomic mass is 19.1. The Kier molecular flexibility index (Phi) is 4.14. The number of nitrogens with zero attached hydrogens (tertiary/aromatic N) is 1. The topological polar surface area (TPSA) is 12.5 Å². The molecule has 0 N–H and O–H groups in total. The van der Waals surface area contributed by atoms with Crippen LogP contribution in [0.4, 0.5) is 10.1 Å². The van der Waals surface area contributed by atoms with Crippen molar-refractivity contribution in [3.63, 3.8) is 0 Å². The van der Waals surface area contributed by atoms with Crippen molar-refractivity contribution in [3.8, 4) is 5.75 Å². The molecule has 4 aromatic carbocycles. The summed E-state index contributed by atoms with van der Waals surface area (Å²) in [7, 11) is 0. The third-order valence-corrected chi connectivity index (χ3v) is 7.71. The van der Waals surface area contributed by atoms with Gasteiger partial charge in [0, 0.05) is 23.1 Å². The second-order valence-electron chi connectivity index (χ2n) is 9.38. The predicted octanol–water partition coefficient (Wildman–Crippen LogP) is 6.82. The third-order valence-electron chi connectivity index (χ3n) is 7.71. The molecule has 3 heteroatoms. The predicted molar refractivity (Wildman–Crippen MR) is 128 cm³/mol. The van der Waals surface area contributed by atoms with E-state index in [1.54, 1.807) is 12.1 Å². The van der Waals surface area contributed by atoms with Crippen LogP contribution in [0.2, 0.25) is 0 Å². The maximum absolute atomic E-state index is 13.8. The lowest BCUT2D eigenvalue weighted by Crippen LogP contribution is -2.45. The van der Waals surface area contributed by atoms with Crippen LogP contribution >= 0.6 is 0 Å². The monoisotopic (exact) mass is 433 g/mol. The molecular formula is C30H24FNO. The molecular weight excluding hydrogens is 409 g/mol. The molecule has 2 nitrogen and oxygen atoms in total. The standard InChI is InChI=1S/C30H24FNO/c31-22-15-13-20(14-16-22)28-24-11-6-9-21-17-26(19-7-2-1-3-8-19)32(29(21)24)30-23-10-4-5-12-27(23)33-18-25(28)30/h1-16,25-26,28,30H,17-18H2/t25?,26-,28?,30?/m0/s1. The smallest absolute Gasteiger partial charge is 0.124 e. The van der Waals surface area contributed by atoms with Crippen molar-refractivity contribution in [1.29, 1.82) is 0 Å². The van der Waals surface area contributed by atoms with Gasteiger partial charge in [-0.2, -0.15) is 0 Å². The van der Waals surface area contributed by atoms with Crippen LogP contribution in [0, 0.1) is 11.7 Å². The van der Waals surface area contributed by atoms with Gasteiger partial charge in [0.25, 0.3) is 0 Å². The number of halogens is 1. The zero-order chi connectivity index (χ0) is 21.9. The van der Waals surface area contributed by atoms with E-state index in [2.05, 4.69) is 77.7 Å². The first-order chi connectivity index (χ1) is 16.3. The van der Waals surface area contributed by atoms with Crippen LogP contribution in [0.1, 0.15) is 45.8 Å². The summed E-state index contributed by atoms with van der Waals surface area (Å²) in [6.07, 6.45) is 0.996. The summed E-state index contributed by atoms with van der Waals surface area (Å²) in [5, 5.41) is 0. The van der Waals surface area contributed by atoms with E-state index in [0.717, 1.165) is 17.7 Å². The van der Waals surface area contributed by atoms with E-state index in [9.17, 15) is 4.39 Å². The van der Waals surface area contributed by atoms with Crippen LogP contribution < -0.4 is 9.64 Å². The third kappa shape index (κ3) is 2.78. The average Bonchev–Trinajstić information content (AvgIpc) is 3.26. The lowest BCUT2D eigenvalue weighted by Gasteiger charge is -2.50. The highest BCUT2D eigenvalue weighted by Crippen LogP contribution is 2.60. The van der Waals surface area contributed by atoms with E-state index in [1.165, 1.54) is 27.9 Å². The number of hydrogen-bond acceptors (Lipinski definition) is 2. The van der Waals surface area contributed by atoms with E-state index < -0.39 is 0 Å². The Balaban J connectivity index is 1.48. The molecule has 162 valence electrons. The lowest BCUT2D eigenvalue weighted by atomic mass is 9.70. The summed E-state index contributed by atoms with van der Waals surface area (Å²) >= 11 is 0. The quantitative estimate of drug-likeness (QED) is 0.344. The number of rotatable bonds is 2. The van der Waals surface area contributed by atoms with Crippen molar-refractivity contribution < 1.29 is 9.13 Å². The minimum absolute atomic E-state index is 0.157. The molecule has 7 rings (SSSR count). The summed E-state index contributed by atoms with van der Waals surface area (Å²) in [6.45, 7) is 0.644. The van der Waals surface area contributed by atoms with Crippen molar-refractivity contribution in [3.05, 3.63) is 131 Å². The summed E-state index contributed by atoms with van der Waals surface area (Å²) < 4.78 is 20.2. The molecule has 33 heavy (non-hydrogen) atoms. The lowest BCUT2D eigenvalue weighted by molar-refractivity contribution is 0.166. The van der Waals surface area contributed by atoms with Gasteiger partial charge >= 0.3 is 0 Å². The van der Waals surface area contributed by atoms with E-state index in [0.29, 0.717) is 6.61 Å². The van der Waals surface area contributed by atoms with Gasteiger partial charge in [-0.25, -0.2) is 4.39 Å². The summed E-state index contributed by atoms with van der Waals surface area (Å²) in [5.41, 5.74) is 7.86. The van der Waals surface area contributed by atoms with E-state index >= 15 is 0 Å². The zero-order valence-corrected chi connectivity index (χ0v) is 18.2. The molecule has 0 spiro atoms. The van der Waals surface area contributed by atoms with Crippen molar-refractivity contribution in [1.82, 2.24) is 0 Å². The first-order valence-corrected chi connectivity index (χ1v) is 11.7. The number of para-hydroxylation sites is 2. The summed E-state index contributed by atoms with van der Waals surface area (Å²) in [4.78, 5) is 2.67. The van der Waals surface area contributed by atoms with Crippen LogP contribution in [0.3, 0.4) is 0 Å². The molecule has 3 heterocycles. The van der Waals surface area contributed by atoms with Crippen LogP contribution in [0.25, 0.3) is 0 Å². The molecule has 0 saturated heterocycles. The van der Waals surface area contributed by atoms with Crippen molar-refractivity contribution in [2.75, 3.05) is 11.5 Å². The normalized spacial score (nSPS) is 24.5. The maximum atomic E-state index is 13.8. The molecule has 3 aliphatic heterocycles. The number of ether oxygens (including phenoxy) is 1. The van der Waals surface area contributed by atoms with Gasteiger partial charge in [-0.1, -0.05) is 78.9 Å². The molecule has 3 unspecified atom stereocenters. The molecule has 0 bridgehead atoms. The molecule has 0 aliphatic carbocycles. The van der Waals surface area contributed by atoms with E-state index in [1.807, 2.05) is 12.1 Å². The fourth-order valence-corrected chi connectivity index (χ4v) is 6.42. The van der Waals surface area contributed by atoms with Gasteiger partial charge < -0.3 is 9.64 Å². The van der Waals surface area contributed by atoms with E-state index in [-0.39, 0.29) is 29.7 Å². The van der Waals surface area contributed by atoms with E-state index in [4.69, 9.17) is 4.74 Å². The highest BCUT2D eigenvalue weighted by Gasteiger charge is 2.51. The van der Waals surface area contributed by atoms with Crippen LogP contribution in [0.5, 0.6) is 5.75 Å². The Morgan fingerprint density at radius 2 is 1.48 bits per heavy atom. The van der Waals surface area contributed by atoms with Crippen LogP contribution in [-0.4, -0.2) is 6.61 Å². The van der Waals surface area contributed by atoms with Gasteiger partial charge in [0.15, 0.2) is 0 Å². The van der Waals surface area contributed by atoms with Gasteiger partial charge in [0.2, 0.25) is 0 Å². The molecule has 3 aliphatic rings. The highest BCUT2D eigenvalue weighted by molar-refractivity contribution is 5.72. The van der Waals surface area contributed by atoms with Gasteiger partial charge in [0.05, 0.1) is 18.7 Å². The molecule has 4 aromatic rings. The number of hydrogen-bond donors (Lipinski definition) is 0. The van der Waals surface area contributed by atoms with Crippen molar-refractivity contribution >= 4 is 5.69 Å². The van der Waals surface area contributed by atoms with Crippen LogP contribution in [-0.2, 0) is 6.42 Å². The van der Waals surface area contributed by atoms with Crippen molar-refractivity contribution in [2.24, 2.45) is 5.92 Å². The van der Waals surface area contributed by atoms with Crippen LogP contribution in [0.15, 0.2) is 97.1 Å². The Bertz CT molecular complexity index is 1330. The van der Waals surface area contributed by atoms with Gasteiger partial charge in [0.1, 0.15) is 11.6 Å². The Labute approximate surface area is 193 Å². The Hall–Kier alpha value is -3.59. The molecule has 4 atom stereocenters.